The minimum atomic E-state index is 0.292. The summed E-state index contributed by atoms with van der Waals surface area (Å²) < 4.78 is 5.76. The maximum atomic E-state index is 5.76. The van der Waals surface area contributed by atoms with Gasteiger partial charge < -0.3 is 4.74 Å². The predicted molar refractivity (Wildman–Crippen MR) is 59.2 cm³/mol. The van der Waals surface area contributed by atoms with E-state index in [1.165, 1.54) is 31.9 Å². The summed E-state index contributed by atoms with van der Waals surface area (Å²) in [7, 11) is 0. The summed E-state index contributed by atoms with van der Waals surface area (Å²) in [5.74, 6) is 0.550. The SMILES string of the molecule is Clc1cncc(OC2CCCCCC2)n1. The van der Waals surface area contributed by atoms with Crippen LogP contribution >= 0.6 is 11.6 Å². The summed E-state index contributed by atoms with van der Waals surface area (Å²) in [6.45, 7) is 0. The smallest absolute Gasteiger partial charge is 0.234 e. The van der Waals surface area contributed by atoms with Crippen molar-refractivity contribution in [1.82, 2.24) is 9.97 Å². The van der Waals surface area contributed by atoms with E-state index < -0.39 is 0 Å². The van der Waals surface area contributed by atoms with Crippen molar-refractivity contribution < 1.29 is 4.74 Å². The number of halogens is 1. The van der Waals surface area contributed by atoms with Crippen LogP contribution in [0.15, 0.2) is 12.4 Å². The molecule has 1 aromatic rings. The first-order chi connectivity index (χ1) is 7.34. The van der Waals surface area contributed by atoms with Crippen molar-refractivity contribution in [1.29, 1.82) is 0 Å². The molecule has 1 aliphatic rings. The Bertz CT molecular complexity index is 311. The number of hydrogen-bond donors (Lipinski definition) is 0. The van der Waals surface area contributed by atoms with Gasteiger partial charge >= 0.3 is 0 Å². The number of nitrogens with zero attached hydrogens (tertiary/aromatic N) is 2. The maximum absolute atomic E-state index is 5.76. The third kappa shape index (κ3) is 3.34. The standard InChI is InChI=1S/C11H15ClN2O/c12-10-7-13-8-11(14-10)15-9-5-3-1-2-4-6-9/h7-9H,1-6H2. The van der Waals surface area contributed by atoms with Gasteiger partial charge in [-0.25, -0.2) is 0 Å². The molecule has 15 heavy (non-hydrogen) atoms. The molecule has 82 valence electrons. The molecule has 2 rings (SSSR count). The van der Waals surface area contributed by atoms with Gasteiger partial charge in [-0.15, -0.1) is 0 Å². The lowest BCUT2D eigenvalue weighted by atomic mass is 10.1. The highest BCUT2D eigenvalue weighted by atomic mass is 35.5. The molecule has 0 atom stereocenters. The zero-order valence-electron chi connectivity index (χ0n) is 8.66. The Balaban J connectivity index is 1.95. The highest BCUT2D eigenvalue weighted by molar-refractivity contribution is 6.29. The molecule has 1 aliphatic carbocycles. The molecule has 1 heterocycles. The average molecular weight is 227 g/mol. The fraction of sp³-hybridized carbons (Fsp3) is 0.636. The van der Waals surface area contributed by atoms with Crippen LogP contribution in [0, 0.1) is 0 Å². The van der Waals surface area contributed by atoms with Gasteiger partial charge in [-0.2, -0.15) is 4.98 Å². The van der Waals surface area contributed by atoms with Crippen molar-refractivity contribution in [2.75, 3.05) is 0 Å². The van der Waals surface area contributed by atoms with Crippen LogP contribution in [-0.2, 0) is 0 Å². The quantitative estimate of drug-likeness (QED) is 0.727. The van der Waals surface area contributed by atoms with Gasteiger partial charge in [0.25, 0.3) is 0 Å². The second-order valence-corrected chi connectivity index (χ2v) is 4.30. The molecule has 1 aromatic heterocycles. The van der Waals surface area contributed by atoms with E-state index in [9.17, 15) is 0 Å². The van der Waals surface area contributed by atoms with Gasteiger partial charge in [-0.3, -0.25) is 4.98 Å². The third-order valence-corrected chi connectivity index (χ3v) is 2.85. The van der Waals surface area contributed by atoms with Crippen LogP contribution in [0.4, 0.5) is 0 Å². The van der Waals surface area contributed by atoms with E-state index in [2.05, 4.69) is 9.97 Å². The summed E-state index contributed by atoms with van der Waals surface area (Å²) in [6.07, 6.45) is 10.8. The summed E-state index contributed by atoms with van der Waals surface area (Å²) >= 11 is 5.74. The van der Waals surface area contributed by atoms with Gasteiger partial charge in [0.1, 0.15) is 6.10 Å². The lowest BCUT2D eigenvalue weighted by molar-refractivity contribution is 0.175. The molecule has 0 spiro atoms. The monoisotopic (exact) mass is 226 g/mol. The summed E-state index contributed by atoms with van der Waals surface area (Å²) in [4.78, 5) is 8.03. The maximum Gasteiger partial charge on any atom is 0.234 e. The zero-order valence-corrected chi connectivity index (χ0v) is 9.41. The van der Waals surface area contributed by atoms with Crippen molar-refractivity contribution in [3.05, 3.63) is 17.5 Å². The van der Waals surface area contributed by atoms with E-state index in [-0.39, 0.29) is 0 Å². The van der Waals surface area contributed by atoms with Crippen molar-refractivity contribution in [3.63, 3.8) is 0 Å². The highest BCUT2D eigenvalue weighted by Gasteiger charge is 2.14. The lowest BCUT2D eigenvalue weighted by Crippen LogP contribution is -2.15. The lowest BCUT2D eigenvalue weighted by Gasteiger charge is -2.15. The Morgan fingerprint density at radius 2 is 1.87 bits per heavy atom. The van der Waals surface area contributed by atoms with Crippen molar-refractivity contribution >= 4 is 11.6 Å². The van der Waals surface area contributed by atoms with Crippen molar-refractivity contribution in [3.8, 4) is 5.88 Å². The van der Waals surface area contributed by atoms with Gasteiger partial charge in [0, 0.05) is 0 Å². The van der Waals surface area contributed by atoms with Crippen LogP contribution in [0.3, 0.4) is 0 Å². The first kappa shape index (κ1) is 10.7. The molecule has 0 radical (unpaired) electrons. The Labute approximate surface area is 94.8 Å². The molecule has 0 saturated heterocycles. The first-order valence-corrected chi connectivity index (χ1v) is 5.86. The summed E-state index contributed by atoms with van der Waals surface area (Å²) in [5.41, 5.74) is 0. The molecule has 0 unspecified atom stereocenters. The number of aromatic nitrogens is 2. The van der Waals surface area contributed by atoms with Gasteiger partial charge in [0.15, 0.2) is 5.15 Å². The fourth-order valence-electron chi connectivity index (χ4n) is 1.91. The molecule has 0 bridgehead atoms. The molecule has 3 nitrogen and oxygen atoms in total. The van der Waals surface area contributed by atoms with E-state index in [0.29, 0.717) is 17.1 Å². The Hall–Kier alpha value is -0.830. The average Bonchev–Trinajstić information content (AvgIpc) is 2.46. The number of hydrogen-bond acceptors (Lipinski definition) is 3. The molecule has 0 amide bonds. The van der Waals surface area contributed by atoms with Crippen LogP contribution in [0.2, 0.25) is 5.15 Å². The van der Waals surface area contributed by atoms with Crippen LogP contribution in [0.5, 0.6) is 5.88 Å². The second kappa shape index (κ2) is 5.31. The van der Waals surface area contributed by atoms with E-state index in [4.69, 9.17) is 16.3 Å². The topological polar surface area (TPSA) is 35.0 Å². The number of rotatable bonds is 2. The third-order valence-electron chi connectivity index (χ3n) is 2.67. The molecule has 0 N–H and O–H groups in total. The van der Waals surface area contributed by atoms with E-state index in [1.54, 1.807) is 6.20 Å². The van der Waals surface area contributed by atoms with Crippen LogP contribution in [0.1, 0.15) is 38.5 Å². The largest absolute Gasteiger partial charge is 0.473 e. The molecule has 4 heteroatoms. The minimum Gasteiger partial charge on any atom is -0.473 e. The van der Waals surface area contributed by atoms with Gasteiger partial charge in [-0.1, -0.05) is 24.4 Å². The van der Waals surface area contributed by atoms with E-state index in [1.807, 2.05) is 0 Å². The van der Waals surface area contributed by atoms with Crippen LogP contribution in [0.25, 0.3) is 0 Å². The molecule has 0 aromatic carbocycles. The predicted octanol–water partition coefficient (Wildman–Crippen LogP) is 3.23. The van der Waals surface area contributed by atoms with Gasteiger partial charge in [-0.05, 0) is 25.7 Å². The fourth-order valence-corrected chi connectivity index (χ4v) is 2.05. The molecular formula is C11H15ClN2O. The number of ether oxygens (including phenoxy) is 1. The first-order valence-electron chi connectivity index (χ1n) is 5.49. The Morgan fingerprint density at radius 3 is 2.53 bits per heavy atom. The normalized spacial score (nSPS) is 18.5. The Morgan fingerprint density at radius 1 is 1.13 bits per heavy atom. The van der Waals surface area contributed by atoms with Gasteiger partial charge in [0.05, 0.1) is 12.4 Å². The summed E-state index contributed by atoms with van der Waals surface area (Å²) in [6, 6.07) is 0. The molecule has 0 aliphatic heterocycles. The zero-order chi connectivity index (χ0) is 10.5. The highest BCUT2D eigenvalue weighted by Crippen LogP contribution is 2.21. The molecule has 1 saturated carbocycles. The van der Waals surface area contributed by atoms with Crippen molar-refractivity contribution in [2.24, 2.45) is 0 Å². The van der Waals surface area contributed by atoms with Crippen molar-refractivity contribution in [2.45, 2.75) is 44.6 Å². The van der Waals surface area contributed by atoms with E-state index in [0.717, 1.165) is 12.8 Å². The second-order valence-electron chi connectivity index (χ2n) is 3.91. The minimum absolute atomic E-state index is 0.292. The van der Waals surface area contributed by atoms with Crippen LogP contribution in [-0.4, -0.2) is 16.1 Å². The molecular weight excluding hydrogens is 212 g/mol. The summed E-state index contributed by atoms with van der Waals surface area (Å²) in [5, 5.41) is 0.390. The molecule has 1 fully saturated rings. The van der Waals surface area contributed by atoms with Gasteiger partial charge in [0.2, 0.25) is 5.88 Å². The van der Waals surface area contributed by atoms with E-state index >= 15 is 0 Å². The Kier molecular flexibility index (Phi) is 3.78. The van der Waals surface area contributed by atoms with Crippen LogP contribution < -0.4 is 4.74 Å².